The van der Waals surface area contributed by atoms with Crippen molar-refractivity contribution in [3.63, 3.8) is 0 Å². The SMILES string of the molecule is COc1cccc(N2C(=S)NC(c3ccccn3)C2c2cc(C)n(-c3ccccn3)c2C)c1. The normalized spacial score (nSPS) is 17.8. The highest BCUT2D eigenvalue weighted by Crippen LogP contribution is 2.44. The third-order valence-corrected chi connectivity index (χ3v) is 6.41. The Bertz CT molecular complexity index is 1290. The van der Waals surface area contributed by atoms with E-state index >= 15 is 0 Å². The quantitative estimate of drug-likeness (QED) is 0.424. The number of anilines is 1. The largest absolute Gasteiger partial charge is 0.497 e. The van der Waals surface area contributed by atoms with Crippen LogP contribution in [0.3, 0.4) is 0 Å². The molecule has 0 bridgehead atoms. The smallest absolute Gasteiger partial charge is 0.174 e. The van der Waals surface area contributed by atoms with Crippen molar-refractivity contribution >= 4 is 23.0 Å². The molecular formula is C26H25N5OS. The van der Waals surface area contributed by atoms with Crippen molar-refractivity contribution in [1.82, 2.24) is 19.9 Å². The molecule has 1 fully saturated rings. The van der Waals surface area contributed by atoms with Gasteiger partial charge in [-0.15, -0.1) is 0 Å². The number of thiocarbonyl (C=S) groups is 1. The number of methoxy groups -OCH3 is 1. The molecule has 1 aliphatic rings. The molecule has 5 rings (SSSR count). The maximum atomic E-state index is 5.86. The molecule has 0 radical (unpaired) electrons. The Hall–Kier alpha value is -3.71. The number of pyridine rings is 2. The van der Waals surface area contributed by atoms with Crippen LogP contribution < -0.4 is 15.0 Å². The van der Waals surface area contributed by atoms with Crippen LogP contribution >= 0.6 is 12.2 Å². The van der Waals surface area contributed by atoms with Gasteiger partial charge in [-0.3, -0.25) is 4.98 Å². The zero-order valence-electron chi connectivity index (χ0n) is 18.8. The van der Waals surface area contributed by atoms with Gasteiger partial charge in [-0.05, 0) is 74.1 Å². The molecule has 6 nitrogen and oxygen atoms in total. The van der Waals surface area contributed by atoms with Gasteiger partial charge in [0.1, 0.15) is 11.6 Å². The summed E-state index contributed by atoms with van der Waals surface area (Å²) in [6.45, 7) is 4.25. The van der Waals surface area contributed by atoms with E-state index < -0.39 is 0 Å². The standard InChI is InChI=1S/C26H25N5OS/c1-17-15-21(18(2)30(17)23-12-5-7-14-28-23)25-24(22-11-4-6-13-27-22)29-26(33)31(25)19-9-8-10-20(16-19)32-3/h4-16,24-25H,1-3H3,(H,29,33). The molecule has 4 aromatic rings. The average Bonchev–Trinajstić information content (AvgIpc) is 3.35. The number of hydrogen-bond donors (Lipinski definition) is 1. The lowest BCUT2D eigenvalue weighted by atomic mass is 9.96. The van der Waals surface area contributed by atoms with Crippen LogP contribution in [0.5, 0.6) is 5.75 Å². The summed E-state index contributed by atoms with van der Waals surface area (Å²) in [5, 5.41) is 4.19. The molecule has 1 aliphatic heterocycles. The summed E-state index contributed by atoms with van der Waals surface area (Å²) in [6, 6.07) is 22.0. The van der Waals surface area contributed by atoms with Gasteiger partial charge in [0.2, 0.25) is 0 Å². The second-order valence-electron chi connectivity index (χ2n) is 8.05. The van der Waals surface area contributed by atoms with Crippen molar-refractivity contribution in [2.75, 3.05) is 12.0 Å². The maximum Gasteiger partial charge on any atom is 0.174 e. The Kier molecular flexibility index (Phi) is 5.56. The summed E-state index contributed by atoms with van der Waals surface area (Å²) in [6.07, 6.45) is 3.64. The first kappa shape index (κ1) is 21.2. The molecule has 1 saturated heterocycles. The van der Waals surface area contributed by atoms with Gasteiger partial charge in [0.25, 0.3) is 0 Å². The molecule has 0 aliphatic carbocycles. The fourth-order valence-corrected chi connectivity index (χ4v) is 4.98. The molecule has 0 amide bonds. The average molecular weight is 456 g/mol. The summed E-state index contributed by atoms with van der Waals surface area (Å²) in [5.41, 5.74) is 5.32. The molecule has 0 saturated carbocycles. The zero-order chi connectivity index (χ0) is 22.9. The summed E-state index contributed by atoms with van der Waals surface area (Å²) >= 11 is 5.86. The van der Waals surface area contributed by atoms with E-state index in [1.54, 1.807) is 7.11 Å². The Morgan fingerprint density at radius 3 is 2.42 bits per heavy atom. The van der Waals surface area contributed by atoms with Gasteiger partial charge in [-0.1, -0.05) is 18.2 Å². The van der Waals surface area contributed by atoms with Crippen LogP contribution in [-0.4, -0.2) is 26.8 Å². The fourth-order valence-electron chi connectivity index (χ4n) is 4.63. The minimum atomic E-state index is -0.109. The number of hydrogen-bond acceptors (Lipinski definition) is 4. The van der Waals surface area contributed by atoms with E-state index in [0.29, 0.717) is 5.11 Å². The van der Waals surface area contributed by atoms with Gasteiger partial charge in [0, 0.05) is 35.5 Å². The highest BCUT2D eigenvalue weighted by molar-refractivity contribution is 7.80. The van der Waals surface area contributed by atoms with Crippen molar-refractivity contribution in [2.24, 2.45) is 0 Å². The first-order valence-electron chi connectivity index (χ1n) is 10.8. The van der Waals surface area contributed by atoms with E-state index in [0.717, 1.165) is 34.3 Å². The van der Waals surface area contributed by atoms with E-state index in [9.17, 15) is 0 Å². The number of ether oxygens (including phenoxy) is 1. The van der Waals surface area contributed by atoms with Crippen LogP contribution in [0.15, 0.2) is 79.1 Å². The lowest BCUT2D eigenvalue weighted by Gasteiger charge is -2.28. The van der Waals surface area contributed by atoms with Crippen LogP contribution in [0.25, 0.3) is 5.82 Å². The maximum absolute atomic E-state index is 5.86. The third-order valence-electron chi connectivity index (χ3n) is 6.10. The molecule has 0 spiro atoms. The number of rotatable bonds is 5. The molecule has 2 atom stereocenters. The van der Waals surface area contributed by atoms with Gasteiger partial charge < -0.3 is 19.5 Å². The lowest BCUT2D eigenvalue weighted by molar-refractivity contribution is 0.415. The predicted molar refractivity (Wildman–Crippen MR) is 134 cm³/mol. The van der Waals surface area contributed by atoms with E-state index in [2.05, 4.69) is 50.7 Å². The van der Waals surface area contributed by atoms with Crippen molar-refractivity contribution in [3.8, 4) is 11.6 Å². The molecule has 1 N–H and O–H groups in total. The van der Waals surface area contributed by atoms with E-state index in [1.807, 2.05) is 67.0 Å². The highest BCUT2D eigenvalue weighted by atomic mass is 32.1. The third kappa shape index (κ3) is 3.74. The molecular weight excluding hydrogens is 430 g/mol. The topological polar surface area (TPSA) is 55.2 Å². The van der Waals surface area contributed by atoms with Gasteiger partial charge >= 0.3 is 0 Å². The Morgan fingerprint density at radius 1 is 0.939 bits per heavy atom. The molecule has 166 valence electrons. The predicted octanol–water partition coefficient (Wildman–Crippen LogP) is 5.07. The van der Waals surface area contributed by atoms with Gasteiger partial charge in [0.05, 0.1) is 24.9 Å². The summed E-state index contributed by atoms with van der Waals surface area (Å²) in [7, 11) is 1.67. The number of aromatic nitrogens is 3. The van der Waals surface area contributed by atoms with Gasteiger partial charge in [-0.2, -0.15) is 0 Å². The molecule has 7 heteroatoms. The van der Waals surface area contributed by atoms with E-state index in [1.165, 1.54) is 5.56 Å². The van der Waals surface area contributed by atoms with E-state index in [-0.39, 0.29) is 12.1 Å². The van der Waals surface area contributed by atoms with Gasteiger partial charge in [0.15, 0.2) is 5.11 Å². The minimum Gasteiger partial charge on any atom is -0.497 e. The lowest BCUT2D eigenvalue weighted by Crippen LogP contribution is -2.29. The van der Waals surface area contributed by atoms with Crippen molar-refractivity contribution in [2.45, 2.75) is 25.9 Å². The number of nitrogens with zero attached hydrogens (tertiary/aromatic N) is 4. The fraction of sp³-hybridized carbons (Fsp3) is 0.192. The second kappa shape index (κ2) is 8.67. The first-order chi connectivity index (χ1) is 16.1. The Balaban J connectivity index is 1.68. The Labute approximate surface area is 198 Å². The molecule has 4 heterocycles. The Morgan fingerprint density at radius 2 is 1.73 bits per heavy atom. The minimum absolute atomic E-state index is 0.0943. The first-order valence-corrected chi connectivity index (χ1v) is 11.2. The van der Waals surface area contributed by atoms with Crippen LogP contribution in [0.4, 0.5) is 5.69 Å². The molecule has 3 aromatic heterocycles. The van der Waals surface area contributed by atoms with Crippen LogP contribution in [0.2, 0.25) is 0 Å². The monoisotopic (exact) mass is 455 g/mol. The van der Waals surface area contributed by atoms with Crippen LogP contribution in [0.1, 0.15) is 34.7 Å². The summed E-state index contributed by atoms with van der Waals surface area (Å²) in [4.78, 5) is 11.4. The summed E-state index contributed by atoms with van der Waals surface area (Å²) < 4.78 is 7.68. The number of nitrogens with one attached hydrogen (secondary N) is 1. The van der Waals surface area contributed by atoms with Crippen molar-refractivity contribution in [1.29, 1.82) is 0 Å². The van der Waals surface area contributed by atoms with E-state index in [4.69, 9.17) is 17.0 Å². The second-order valence-corrected chi connectivity index (χ2v) is 8.43. The molecule has 33 heavy (non-hydrogen) atoms. The van der Waals surface area contributed by atoms with Crippen LogP contribution in [-0.2, 0) is 0 Å². The number of benzene rings is 1. The van der Waals surface area contributed by atoms with Crippen LogP contribution in [0, 0.1) is 13.8 Å². The molecule has 1 aromatic carbocycles. The van der Waals surface area contributed by atoms with Crippen molar-refractivity contribution < 1.29 is 4.74 Å². The summed E-state index contributed by atoms with van der Waals surface area (Å²) in [5.74, 6) is 1.68. The molecule has 2 unspecified atom stereocenters. The zero-order valence-corrected chi connectivity index (χ0v) is 19.6. The highest BCUT2D eigenvalue weighted by Gasteiger charge is 2.42. The number of aryl methyl sites for hydroxylation is 1. The van der Waals surface area contributed by atoms with Crippen molar-refractivity contribution in [3.05, 3.63) is 102 Å². The van der Waals surface area contributed by atoms with Gasteiger partial charge in [-0.25, -0.2) is 4.98 Å².